The van der Waals surface area contributed by atoms with E-state index in [1.807, 2.05) is 50.3 Å². The van der Waals surface area contributed by atoms with Gasteiger partial charge in [0.25, 0.3) is 5.91 Å². The van der Waals surface area contributed by atoms with Crippen molar-refractivity contribution < 1.29 is 4.79 Å². The van der Waals surface area contributed by atoms with Gasteiger partial charge in [0, 0.05) is 65.0 Å². The fourth-order valence-electron chi connectivity index (χ4n) is 3.79. The van der Waals surface area contributed by atoms with E-state index in [4.69, 9.17) is 0 Å². The van der Waals surface area contributed by atoms with Crippen molar-refractivity contribution in [3.8, 4) is 0 Å². The summed E-state index contributed by atoms with van der Waals surface area (Å²) in [6.07, 6.45) is 0. The summed E-state index contributed by atoms with van der Waals surface area (Å²) in [6, 6.07) is 18.4. The number of rotatable bonds is 8. The highest BCUT2D eigenvalue weighted by molar-refractivity contribution is 14.0. The average molecular weight is 565 g/mol. The fourth-order valence-corrected chi connectivity index (χ4v) is 3.79. The van der Waals surface area contributed by atoms with Gasteiger partial charge in [-0.25, -0.2) is 0 Å². The Labute approximate surface area is 215 Å². The Morgan fingerprint density at radius 2 is 1.67 bits per heavy atom. The van der Waals surface area contributed by atoms with Crippen molar-refractivity contribution in [2.75, 3.05) is 60.4 Å². The van der Waals surface area contributed by atoms with Gasteiger partial charge in [-0.1, -0.05) is 42.5 Å². The number of aliphatic imine (C=N–C) groups is 1. The first-order valence-corrected chi connectivity index (χ1v) is 11.3. The summed E-state index contributed by atoms with van der Waals surface area (Å²) in [5.74, 6) is 0.873. The number of guanidine groups is 1. The van der Waals surface area contributed by atoms with E-state index in [-0.39, 0.29) is 29.9 Å². The maximum atomic E-state index is 12.4. The molecule has 0 unspecified atom stereocenters. The van der Waals surface area contributed by atoms with Gasteiger partial charge < -0.3 is 20.4 Å². The number of nitrogens with zero attached hydrogens (tertiary/aromatic N) is 4. The number of nitrogens with one attached hydrogen (secondary N) is 2. The molecule has 8 heteroatoms. The maximum Gasteiger partial charge on any atom is 0.251 e. The third-order valence-electron chi connectivity index (χ3n) is 5.62. The monoisotopic (exact) mass is 564 g/mol. The second kappa shape index (κ2) is 14.2. The van der Waals surface area contributed by atoms with Crippen LogP contribution in [-0.4, -0.2) is 87.0 Å². The molecule has 0 aliphatic carbocycles. The SMILES string of the molecule is CN=C(NCc1cccc(C(=O)NCCN(C)C)c1)N1CCN(Cc2ccccc2)CC1.I. The Morgan fingerprint density at radius 1 is 0.970 bits per heavy atom. The second-order valence-electron chi connectivity index (χ2n) is 8.41. The molecule has 7 nitrogen and oxygen atoms in total. The standard InChI is InChI=1S/C25H36N6O.HI/c1-26-25(31-16-14-30(15-17-31)20-21-8-5-4-6-9-21)28-19-22-10-7-11-23(18-22)24(32)27-12-13-29(2)3;/h4-11,18H,12-17,19-20H2,1-3H3,(H,26,28)(H,27,32);1H. The molecular formula is C25H37IN6O. The lowest BCUT2D eigenvalue weighted by molar-refractivity contribution is 0.0951. The second-order valence-corrected chi connectivity index (χ2v) is 8.41. The Balaban J connectivity index is 0.00000385. The fraction of sp³-hybridized carbons (Fsp3) is 0.440. The molecule has 1 fully saturated rings. The zero-order valence-corrected chi connectivity index (χ0v) is 22.3. The van der Waals surface area contributed by atoms with Crippen LogP contribution in [0.3, 0.4) is 0 Å². The van der Waals surface area contributed by atoms with Gasteiger partial charge in [0.05, 0.1) is 0 Å². The number of carbonyl (C=O) groups is 1. The lowest BCUT2D eigenvalue weighted by Crippen LogP contribution is -2.52. The molecule has 0 bridgehead atoms. The number of benzene rings is 2. The van der Waals surface area contributed by atoms with E-state index in [9.17, 15) is 4.79 Å². The number of hydrogen-bond donors (Lipinski definition) is 2. The highest BCUT2D eigenvalue weighted by Crippen LogP contribution is 2.10. The summed E-state index contributed by atoms with van der Waals surface area (Å²) >= 11 is 0. The minimum Gasteiger partial charge on any atom is -0.352 e. The van der Waals surface area contributed by atoms with Crippen molar-refractivity contribution in [2.24, 2.45) is 4.99 Å². The number of likely N-dealkylation sites (N-methyl/N-ethyl adjacent to an activating group) is 1. The van der Waals surface area contributed by atoms with E-state index >= 15 is 0 Å². The van der Waals surface area contributed by atoms with Crippen LogP contribution in [0.25, 0.3) is 0 Å². The summed E-state index contributed by atoms with van der Waals surface area (Å²) in [5.41, 5.74) is 3.11. The van der Waals surface area contributed by atoms with Crippen molar-refractivity contribution in [1.82, 2.24) is 25.3 Å². The quantitative estimate of drug-likeness (QED) is 0.293. The molecule has 1 aliphatic rings. The van der Waals surface area contributed by atoms with E-state index in [0.29, 0.717) is 18.7 Å². The predicted octanol–water partition coefficient (Wildman–Crippen LogP) is 2.49. The summed E-state index contributed by atoms with van der Waals surface area (Å²) < 4.78 is 0. The molecule has 1 saturated heterocycles. The Hall–Kier alpha value is -2.17. The van der Waals surface area contributed by atoms with Crippen molar-refractivity contribution in [2.45, 2.75) is 13.1 Å². The highest BCUT2D eigenvalue weighted by Gasteiger charge is 2.19. The summed E-state index contributed by atoms with van der Waals surface area (Å²) in [4.78, 5) is 23.7. The molecule has 2 aromatic carbocycles. The van der Waals surface area contributed by atoms with Crippen molar-refractivity contribution in [3.63, 3.8) is 0 Å². The van der Waals surface area contributed by atoms with Crippen LogP contribution >= 0.6 is 24.0 Å². The van der Waals surface area contributed by atoms with Crippen molar-refractivity contribution in [3.05, 3.63) is 71.3 Å². The molecule has 33 heavy (non-hydrogen) atoms. The topological polar surface area (TPSA) is 63.2 Å². The van der Waals surface area contributed by atoms with Crippen LogP contribution in [0.1, 0.15) is 21.5 Å². The van der Waals surface area contributed by atoms with Gasteiger partial charge in [-0.15, -0.1) is 24.0 Å². The third-order valence-corrected chi connectivity index (χ3v) is 5.62. The summed E-state index contributed by atoms with van der Waals surface area (Å²) in [5, 5.41) is 6.43. The molecule has 1 heterocycles. The van der Waals surface area contributed by atoms with Gasteiger partial charge in [-0.2, -0.15) is 0 Å². The van der Waals surface area contributed by atoms with Gasteiger partial charge in [0.2, 0.25) is 0 Å². The van der Waals surface area contributed by atoms with Gasteiger partial charge >= 0.3 is 0 Å². The van der Waals surface area contributed by atoms with Crippen LogP contribution in [0, 0.1) is 0 Å². The Morgan fingerprint density at radius 3 is 2.33 bits per heavy atom. The van der Waals surface area contributed by atoms with E-state index < -0.39 is 0 Å². The normalized spacial score (nSPS) is 14.7. The minimum absolute atomic E-state index is 0. The van der Waals surface area contributed by atoms with E-state index in [0.717, 1.165) is 50.8 Å². The van der Waals surface area contributed by atoms with Crippen molar-refractivity contribution in [1.29, 1.82) is 0 Å². The van der Waals surface area contributed by atoms with Crippen LogP contribution in [0.2, 0.25) is 0 Å². The molecule has 2 aromatic rings. The molecule has 0 spiro atoms. The van der Waals surface area contributed by atoms with Crippen LogP contribution < -0.4 is 10.6 Å². The average Bonchev–Trinajstić information content (AvgIpc) is 2.81. The first-order chi connectivity index (χ1) is 15.5. The number of hydrogen-bond acceptors (Lipinski definition) is 4. The molecule has 0 saturated carbocycles. The largest absolute Gasteiger partial charge is 0.352 e. The molecule has 1 aliphatic heterocycles. The van der Waals surface area contributed by atoms with Crippen LogP contribution in [0.4, 0.5) is 0 Å². The number of amides is 1. The van der Waals surface area contributed by atoms with Crippen LogP contribution in [-0.2, 0) is 13.1 Å². The highest BCUT2D eigenvalue weighted by atomic mass is 127. The Kier molecular flexibility index (Phi) is 11.6. The lowest BCUT2D eigenvalue weighted by atomic mass is 10.1. The molecular weight excluding hydrogens is 527 g/mol. The van der Waals surface area contributed by atoms with Gasteiger partial charge in [0.15, 0.2) is 5.96 Å². The Bertz CT molecular complexity index is 881. The minimum atomic E-state index is -0.0346. The number of carbonyl (C=O) groups excluding carboxylic acids is 1. The lowest BCUT2D eigenvalue weighted by Gasteiger charge is -2.36. The molecule has 0 atom stereocenters. The smallest absolute Gasteiger partial charge is 0.251 e. The van der Waals surface area contributed by atoms with Crippen LogP contribution in [0.15, 0.2) is 59.6 Å². The van der Waals surface area contributed by atoms with E-state index in [1.165, 1.54) is 5.56 Å². The molecule has 0 radical (unpaired) electrons. The first kappa shape index (κ1) is 27.1. The predicted molar refractivity (Wildman–Crippen MR) is 146 cm³/mol. The number of piperazine rings is 1. The molecule has 0 aromatic heterocycles. The molecule has 3 rings (SSSR count). The van der Waals surface area contributed by atoms with Gasteiger partial charge in [-0.3, -0.25) is 14.7 Å². The maximum absolute atomic E-state index is 12.4. The number of halogens is 1. The zero-order valence-electron chi connectivity index (χ0n) is 20.0. The van der Waals surface area contributed by atoms with Crippen LogP contribution in [0.5, 0.6) is 0 Å². The summed E-state index contributed by atoms with van der Waals surface area (Å²) in [6.45, 7) is 7.00. The first-order valence-electron chi connectivity index (χ1n) is 11.3. The third kappa shape index (κ3) is 8.94. The van der Waals surface area contributed by atoms with Gasteiger partial charge in [0.1, 0.15) is 0 Å². The van der Waals surface area contributed by atoms with E-state index in [1.54, 1.807) is 0 Å². The molecule has 1 amide bonds. The van der Waals surface area contributed by atoms with Gasteiger partial charge in [-0.05, 0) is 37.4 Å². The van der Waals surface area contributed by atoms with E-state index in [2.05, 4.69) is 55.8 Å². The summed E-state index contributed by atoms with van der Waals surface area (Å²) in [7, 11) is 5.82. The zero-order chi connectivity index (χ0) is 22.8. The molecule has 2 N–H and O–H groups in total. The van der Waals surface area contributed by atoms with Crippen molar-refractivity contribution >= 4 is 35.8 Å². The molecule has 180 valence electrons.